The number of nitrogens with zero attached hydrogens (tertiary/aromatic N) is 1. The van der Waals surface area contributed by atoms with Crippen molar-refractivity contribution in [1.82, 2.24) is 5.43 Å². The Morgan fingerprint density at radius 1 is 1.09 bits per heavy atom. The Labute approximate surface area is 209 Å². The van der Waals surface area contributed by atoms with Crippen LogP contribution in [-0.4, -0.2) is 25.8 Å². The summed E-state index contributed by atoms with van der Waals surface area (Å²) >= 11 is 3.53. The largest absolute Gasteiger partial charge is 0.493 e. The molecule has 0 fully saturated rings. The number of hydrogen-bond donors (Lipinski definition) is 1. The van der Waals surface area contributed by atoms with Crippen molar-refractivity contribution in [3.8, 4) is 17.2 Å². The van der Waals surface area contributed by atoms with Crippen LogP contribution in [0.1, 0.15) is 42.0 Å². The Hall–Kier alpha value is -3.32. The van der Waals surface area contributed by atoms with Gasteiger partial charge in [-0.3, -0.25) is 4.79 Å². The molecule has 0 aliphatic heterocycles. The number of carbonyl (C=O) groups excluding carboxylic acids is 1. The van der Waals surface area contributed by atoms with Gasteiger partial charge in [-0.1, -0.05) is 50.2 Å². The minimum absolute atomic E-state index is 0.128. The Kier molecular flexibility index (Phi) is 9.10. The van der Waals surface area contributed by atoms with E-state index in [4.69, 9.17) is 14.2 Å². The van der Waals surface area contributed by atoms with Gasteiger partial charge in [0.1, 0.15) is 12.4 Å². The molecule has 0 saturated carbocycles. The first-order chi connectivity index (χ1) is 16.4. The number of benzene rings is 3. The molecule has 34 heavy (non-hydrogen) atoms. The van der Waals surface area contributed by atoms with Crippen LogP contribution in [0.25, 0.3) is 0 Å². The smallest absolute Gasteiger partial charge is 0.277 e. The standard InChI is InChI=1S/C27H29BrN2O4/c1-18(2)23-11-10-22(12-19(23)3)33-17-26(31)30-29-15-21-13-24(28)27(25(14-21)32-4)34-16-20-8-6-5-7-9-20/h5-15,18H,16-17H2,1-4H3,(H,30,31)/b29-15+. The molecule has 0 bridgehead atoms. The van der Waals surface area contributed by atoms with E-state index in [1.165, 1.54) is 11.8 Å². The molecule has 0 atom stereocenters. The number of rotatable bonds is 10. The molecular weight excluding hydrogens is 496 g/mol. The highest BCUT2D eigenvalue weighted by molar-refractivity contribution is 9.10. The first-order valence-corrected chi connectivity index (χ1v) is 11.8. The fraction of sp³-hybridized carbons (Fsp3) is 0.259. The lowest BCUT2D eigenvalue weighted by atomic mass is 9.98. The van der Waals surface area contributed by atoms with Gasteiger partial charge in [0.2, 0.25) is 0 Å². The summed E-state index contributed by atoms with van der Waals surface area (Å²) in [4.78, 5) is 12.1. The van der Waals surface area contributed by atoms with E-state index in [1.54, 1.807) is 13.2 Å². The van der Waals surface area contributed by atoms with E-state index in [1.807, 2.05) is 61.5 Å². The number of hydrogen-bond acceptors (Lipinski definition) is 5. The van der Waals surface area contributed by atoms with Crippen LogP contribution in [0.4, 0.5) is 0 Å². The van der Waals surface area contributed by atoms with Crippen LogP contribution in [0.3, 0.4) is 0 Å². The van der Waals surface area contributed by atoms with Gasteiger partial charge in [0.15, 0.2) is 18.1 Å². The maximum absolute atomic E-state index is 12.1. The zero-order valence-electron chi connectivity index (χ0n) is 19.8. The number of amides is 1. The van der Waals surface area contributed by atoms with Crippen molar-refractivity contribution >= 4 is 28.1 Å². The highest BCUT2D eigenvalue weighted by Gasteiger charge is 2.12. The number of hydrazone groups is 1. The molecule has 3 aromatic carbocycles. The van der Waals surface area contributed by atoms with Crippen LogP contribution in [0, 0.1) is 6.92 Å². The number of nitrogens with one attached hydrogen (secondary N) is 1. The highest BCUT2D eigenvalue weighted by atomic mass is 79.9. The monoisotopic (exact) mass is 524 g/mol. The maximum atomic E-state index is 12.1. The van der Waals surface area contributed by atoms with Gasteiger partial charge in [-0.15, -0.1) is 0 Å². The lowest BCUT2D eigenvalue weighted by molar-refractivity contribution is -0.123. The number of ether oxygens (including phenoxy) is 3. The summed E-state index contributed by atoms with van der Waals surface area (Å²) < 4.78 is 17.7. The number of aryl methyl sites for hydroxylation is 1. The molecule has 3 rings (SSSR count). The molecule has 0 unspecified atom stereocenters. The fourth-order valence-electron chi connectivity index (χ4n) is 3.43. The van der Waals surface area contributed by atoms with Gasteiger partial charge in [-0.05, 0) is 75.3 Å². The van der Waals surface area contributed by atoms with E-state index in [9.17, 15) is 4.79 Å². The molecule has 0 spiro atoms. The van der Waals surface area contributed by atoms with Crippen LogP contribution in [0.5, 0.6) is 17.2 Å². The second-order valence-corrected chi connectivity index (χ2v) is 8.92. The van der Waals surface area contributed by atoms with Crippen molar-refractivity contribution in [1.29, 1.82) is 0 Å². The molecular formula is C27H29BrN2O4. The molecule has 1 amide bonds. The van der Waals surface area contributed by atoms with Gasteiger partial charge in [0.05, 0.1) is 17.8 Å². The molecule has 0 aromatic heterocycles. The van der Waals surface area contributed by atoms with Gasteiger partial charge in [-0.2, -0.15) is 5.10 Å². The first kappa shape index (κ1) is 25.3. The Bertz CT molecular complexity index is 1150. The Morgan fingerprint density at radius 2 is 1.85 bits per heavy atom. The van der Waals surface area contributed by atoms with E-state index in [0.717, 1.165) is 21.2 Å². The van der Waals surface area contributed by atoms with Crippen LogP contribution >= 0.6 is 15.9 Å². The minimum atomic E-state index is -0.351. The van der Waals surface area contributed by atoms with E-state index in [2.05, 4.69) is 40.3 Å². The van der Waals surface area contributed by atoms with Crippen molar-refractivity contribution in [3.63, 3.8) is 0 Å². The summed E-state index contributed by atoms with van der Waals surface area (Å²) in [5.41, 5.74) is 6.67. The SMILES string of the molecule is COc1cc(/C=N/NC(=O)COc2ccc(C(C)C)c(C)c2)cc(Br)c1OCc1ccccc1. The molecule has 0 aliphatic carbocycles. The van der Waals surface area contributed by atoms with Crippen molar-refractivity contribution in [2.75, 3.05) is 13.7 Å². The summed E-state index contributed by atoms with van der Waals surface area (Å²) in [5, 5.41) is 4.03. The van der Waals surface area contributed by atoms with Gasteiger partial charge in [-0.25, -0.2) is 5.43 Å². The van der Waals surface area contributed by atoms with Crippen molar-refractivity contribution < 1.29 is 19.0 Å². The molecule has 0 aliphatic rings. The lowest BCUT2D eigenvalue weighted by Gasteiger charge is -2.13. The van der Waals surface area contributed by atoms with E-state index in [-0.39, 0.29) is 12.5 Å². The van der Waals surface area contributed by atoms with Crippen LogP contribution in [0.2, 0.25) is 0 Å². The average molecular weight is 525 g/mol. The van der Waals surface area contributed by atoms with Crippen molar-refractivity contribution in [2.45, 2.75) is 33.3 Å². The average Bonchev–Trinajstić information content (AvgIpc) is 2.82. The topological polar surface area (TPSA) is 69.2 Å². The Morgan fingerprint density at radius 3 is 2.53 bits per heavy atom. The zero-order chi connectivity index (χ0) is 24.5. The number of carbonyl (C=O) groups is 1. The minimum Gasteiger partial charge on any atom is -0.493 e. The summed E-state index contributed by atoms with van der Waals surface area (Å²) in [7, 11) is 1.58. The van der Waals surface area contributed by atoms with Crippen molar-refractivity contribution in [3.05, 3.63) is 87.4 Å². The van der Waals surface area contributed by atoms with Crippen LogP contribution in [0.15, 0.2) is 70.2 Å². The van der Waals surface area contributed by atoms with Gasteiger partial charge in [0.25, 0.3) is 5.91 Å². The summed E-state index contributed by atoms with van der Waals surface area (Å²) in [6.07, 6.45) is 1.54. The fourth-order valence-corrected chi connectivity index (χ4v) is 4.00. The summed E-state index contributed by atoms with van der Waals surface area (Å²) in [5.74, 6) is 1.90. The second kappa shape index (κ2) is 12.2. The third-order valence-corrected chi connectivity index (χ3v) is 5.70. The molecule has 7 heteroatoms. The Balaban J connectivity index is 1.55. The number of methoxy groups -OCH3 is 1. The molecule has 6 nitrogen and oxygen atoms in total. The van der Waals surface area contributed by atoms with Crippen molar-refractivity contribution in [2.24, 2.45) is 5.10 Å². The zero-order valence-corrected chi connectivity index (χ0v) is 21.4. The van der Waals surface area contributed by atoms with E-state index >= 15 is 0 Å². The van der Waals surface area contributed by atoms with E-state index in [0.29, 0.717) is 29.8 Å². The van der Waals surface area contributed by atoms with E-state index < -0.39 is 0 Å². The molecule has 0 heterocycles. The first-order valence-electron chi connectivity index (χ1n) is 11.0. The molecule has 178 valence electrons. The van der Waals surface area contributed by atoms with Gasteiger partial charge < -0.3 is 14.2 Å². The van der Waals surface area contributed by atoms with Gasteiger partial charge >= 0.3 is 0 Å². The summed E-state index contributed by atoms with van der Waals surface area (Å²) in [6.45, 7) is 6.62. The molecule has 3 aromatic rings. The molecule has 0 radical (unpaired) electrons. The predicted molar refractivity (Wildman–Crippen MR) is 138 cm³/mol. The van der Waals surface area contributed by atoms with Crippen LogP contribution < -0.4 is 19.6 Å². The molecule has 0 saturated heterocycles. The second-order valence-electron chi connectivity index (χ2n) is 8.06. The maximum Gasteiger partial charge on any atom is 0.277 e. The normalized spacial score (nSPS) is 11.0. The highest BCUT2D eigenvalue weighted by Crippen LogP contribution is 2.36. The number of halogens is 1. The third kappa shape index (κ3) is 7.09. The van der Waals surface area contributed by atoms with Gasteiger partial charge in [0, 0.05) is 0 Å². The third-order valence-electron chi connectivity index (χ3n) is 5.11. The lowest BCUT2D eigenvalue weighted by Crippen LogP contribution is -2.24. The summed E-state index contributed by atoms with van der Waals surface area (Å²) in [6, 6.07) is 19.4. The quantitative estimate of drug-likeness (QED) is 0.261. The van der Waals surface area contributed by atoms with Crippen LogP contribution in [-0.2, 0) is 11.4 Å². The predicted octanol–water partition coefficient (Wildman–Crippen LogP) is 6.00. The molecule has 1 N–H and O–H groups in total.